The molecule has 1 aliphatic heterocycles. The largest absolute Gasteiger partial charge is 0.497 e. The van der Waals surface area contributed by atoms with Crippen LogP contribution < -0.4 is 30.8 Å². The van der Waals surface area contributed by atoms with Crippen LogP contribution in [0.3, 0.4) is 0 Å². The molecule has 3 N–H and O–H groups in total. The molecule has 0 aliphatic carbocycles. The van der Waals surface area contributed by atoms with Crippen LogP contribution in [0.4, 0.5) is 5.69 Å². The van der Waals surface area contributed by atoms with Crippen molar-refractivity contribution in [1.82, 2.24) is 24.7 Å². The van der Waals surface area contributed by atoms with Gasteiger partial charge in [0.2, 0.25) is 5.91 Å². The second-order valence-electron chi connectivity index (χ2n) is 7.92. The number of thioether (sulfide) groups is 1. The summed E-state index contributed by atoms with van der Waals surface area (Å²) in [6.07, 6.45) is 0.141. The number of ether oxygens (including phenoxy) is 3. The molecular weight excluding hydrogens is 500 g/mol. The molecule has 13 heteroatoms. The average molecular weight is 523 g/mol. The van der Waals surface area contributed by atoms with Crippen molar-refractivity contribution in [2.24, 2.45) is 0 Å². The van der Waals surface area contributed by atoms with Gasteiger partial charge >= 0.3 is 5.69 Å². The second-order valence-corrected chi connectivity index (χ2v) is 8.86. The maximum atomic E-state index is 12.7. The number of H-pyrrole nitrogens is 2. The van der Waals surface area contributed by atoms with E-state index in [0.29, 0.717) is 52.8 Å². The van der Waals surface area contributed by atoms with E-state index >= 15 is 0 Å². The highest BCUT2D eigenvalue weighted by Gasteiger charge is 2.18. The maximum Gasteiger partial charge on any atom is 0.325 e. The standard InChI is InChI=1S/C24H22N6O6S/c1-34-17-5-3-16(4-6-17)30-20(11-15-12-21(31)27-23(33)26-15)28-29-24(30)37-13-22(32)25-14-2-7-18-19(10-14)36-9-8-35-18/h2-7,10,12H,8-9,11,13H2,1H3,(H,25,32)(H2,26,27,31,33). The predicted molar refractivity (Wildman–Crippen MR) is 135 cm³/mol. The number of methoxy groups -OCH3 is 1. The number of nitrogens with zero attached hydrogens (tertiary/aromatic N) is 3. The van der Waals surface area contributed by atoms with Crippen LogP contribution in [0.5, 0.6) is 17.2 Å². The van der Waals surface area contributed by atoms with Crippen molar-refractivity contribution in [1.29, 1.82) is 0 Å². The van der Waals surface area contributed by atoms with Crippen molar-refractivity contribution < 1.29 is 19.0 Å². The van der Waals surface area contributed by atoms with E-state index in [9.17, 15) is 14.4 Å². The first-order valence-corrected chi connectivity index (χ1v) is 12.2. The van der Waals surface area contributed by atoms with Gasteiger partial charge in [-0.25, -0.2) is 4.79 Å². The third-order valence-electron chi connectivity index (χ3n) is 5.35. The molecular formula is C24H22N6O6S. The molecule has 1 amide bonds. The molecule has 190 valence electrons. The lowest BCUT2D eigenvalue weighted by Gasteiger charge is -2.19. The third kappa shape index (κ3) is 5.67. The number of aromatic amines is 2. The van der Waals surface area contributed by atoms with Gasteiger partial charge in [0.15, 0.2) is 16.7 Å². The fraction of sp³-hybridized carbons (Fsp3) is 0.208. The van der Waals surface area contributed by atoms with E-state index in [-0.39, 0.29) is 18.1 Å². The van der Waals surface area contributed by atoms with Crippen LogP contribution in [-0.4, -0.2) is 56.7 Å². The summed E-state index contributed by atoms with van der Waals surface area (Å²) in [4.78, 5) is 40.9. The topological polar surface area (TPSA) is 153 Å². The fourth-order valence-corrected chi connectivity index (χ4v) is 4.50. The molecule has 0 radical (unpaired) electrons. The van der Waals surface area contributed by atoms with Gasteiger partial charge in [0.25, 0.3) is 5.56 Å². The van der Waals surface area contributed by atoms with Gasteiger partial charge in [-0.15, -0.1) is 10.2 Å². The fourth-order valence-electron chi connectivity index (χ4n) is 3.73. The molecule has 4 aromatic rings. The zero-order valence-electron chi connectivity index (χ0n) is 19.6. The molecule has 0 saturated carbocycles. The Kier molecular flexibility index (Phi) is 6.94. The number of nitrogens with one attached hydrogen (secondary N) is 3. The number of aromatic nitrogens is 5. The van der Waals surface area contributed by atoms with Crippen LogP contribution in [0.25, 0.3) is 5.69 Å². The Morgan fingerprint density at radius 3 is 2.59 bits per heavy atom. The van der Waals surface area contributed by atoms with Crippen molar-refractivity contribution in [3.8, 4) is 22.9 Å². The highest BCUT2D eigenvalue weighted by atomic mass is 32.2. The van der Waals surface area contributed by atoms with E-state index in [1.807, 2.05) is 12.1 Å². The van der Waals surface area contributed by atoms with E-state index < -0.39 is 11.2 Å². The van der Waals surface area contributed by atoms with E-state index in [4.69, 9.17) is 14.2 Å². The molecule has 0 fully saturated rings. The van der Waals surface area contributed by atoms with Crippen LogP contribution in [0, 0.1) is 0 Å². The Bertz CT molecular complexity index is 1520. The first-order chi connectivity index (χ1) is 18.0. The Morgan fingerprint density at radius 2 is 1.84 bits per heavy atom. The maximum absolute atomic E-state index is 12.7. The molecule has 0 bridgehead atoms. The lowest BCUT2D eigenvalue weighted by molar-refractivity contribution is -0.113. The summed E-state index contributed by atoms with van der Waals surface area (Å²) in [6, 6.07) is 13.7. The number of hydrogen-bond acceptors (Lipinski definition) is 9. The van der Waals surface area contributed by atoms with Crippen molar-refractivity contribution in [2.75, 3.05) is 31.4 Å². The summed E-state index contributed by atoms with van der Waals surface area (Å²) < 4.78 is 18.1. The minimum atomic E-state index is -0.608. The lowest BCUT2D eigenvalue weighted by atomic mass is 10.2. The molecule has 37 heavy (non-hydrogen) atoms. The summed E-state index contributed by atoms with van der Waals surface area (Å²) in [5, 5.41) is 11.8. The van der Waals surface area contributed by atoms with Crippen molar-refractivity contribution in [3.63, 3.8) is 0 Å². The normalized spacial score (nSPS) is 12.2. The van der Waals surface area contributed by atoms with E-state index in [1.54, 1.807) is 42.0 Å². The number of rotatable bonds is 8. The van der Waals surface area contributed by atoms with Gasteiger partial charge < -0.3 is 24.5 Å². The monoisotopic (exact) mass is 522 g/mol. The first kappa shape index (κ1) is 24.2. The van der Waals surface area contributed by atoms with Crippen molar-refractivity contribution >= 4 is 23.4 Å². The van der Waals surface area contributed by atoms with Crippen LogP contribution in [0.1, 0.15) is 11.5 Å². The Labute approximate surface area is 214 Å². The minimum absolute atomic E-state index is 0.0601. The summed E-state index contributed by atoms with van der Waals surface area (Å²) in [5.41, 5.74) is 0.569. The van der Waals surface area contributed by atoms with E-state index in [0.717, 1.165) is 5.69 Å². The average Bonchev–Trinajstić information content (AvgIpc) is 3.29. The number of anilines is 1. The van der Waals surface area contributed by atoms with Gasteiger partial charge in [-0.2, -0.15) is 0 Å². The van der Waals surface area contributed by atoms with Crippen molar-refractivity contribution in [2.45, 2.75) is 11.6 Å². The SMILES string of the molecule is COc1ccc(-n2c(Cc3cc(=O)[nH]c(=O)[nH]3)nnc2SCC(=O)Nc2ccc3c(c2)OCCO3)cc1. The summed E-state index contributed by atoms with van der Waals surface area (Å²) in [7, 11) is 1.57. The smallest absolute Gasteiger partial charge is 0.325 e. The van der Waals surface area contributed by atoms with Crippen LogP contribution >= 0.6 is 11.8 Å². The van der Waals surface area contributed by atoms with Gasteiger partial charge in [0.05, 0.1) is 12.9 Å². The number of fused-ring (bicyclic) bond motifs is 1. The van der Waals surface area contributed by atoms with Gasteiger partial charge in [-0.1, -0.05) is 11.8 Å². The third-order valence-corrected chi connectivity index (χ3v) is 6.28. The highest BCUT2D eigenvalue weighted by molar-refractivity contribution is 7.99. The number of carbonyl (C=O) groups excluding carboxylic acids is 1. The zero-order chi connectivity index (χ0) is 25.8. The molecule has 2 aromatic carbocycles. The quantitative estimate of drug-likeness (QED) is 0.294. The van der Waals surface area contributed by atoms with Crippen LogP contribution in [0.2, 0.25) is 0 Å². The molecule has 3 heterocycles. The Hall–Kier alpha value is -4.52. The van der Waals surface area contributed by atoms with Gasteiger partial charge in [0.1, 0.15) is 24.8 Å². The predicted octanol–water partition coefficient (Wildman–Crippen LogP) is 1.75. The van der Waals surface area contributed by atoms with Gasteiger partial charge in [-0.3, -0.25) is 19.1 Å². The Balaban J connectivity index is 1.36. The minimum Gasteiger partial charge on any atom is -0.497 e. The number of amides is 1. The number of carbonyl (C=O) groups is 1. The van der Waals surface area contributed by atoms with Gasteiger partial charge in [0, 0.05) is 35.6 Å². The van der Waals surface area contributed by atoms with E-state index in [2.05, 4.69) is 25.5 Å². The van der Waals surface area contributed by atoms with Crippen LogP contribution in [0.15, 0.2) is 63.3 Å². The summed E-state index contributed by atoms with van der Waals surface area (Å²) >= 11 is 1.20. The molecule has 0 unspecified atom stereocenters. The van der Waals surface area contributed by atoms with Gasteiger partial charge in [-0.05, 0) is 36.4 Å². The molecule has 5 rings (SSSR count). The molecule has 2 aromatic heterocycles. The first-order valence-electron chi connectivity index (χ1n) is 11.2. The zero-order valence-corrected chi connectivity index (χ0v) is 20.5. The summed E-state index contributed by atoms with van der Waals surface area (Å²) in [5.74, 6) is 2.18. The second kappa shape index (κ2) is 10.6. The number of hydrogen-bond donors (Lipinski definition) is 3. The Morgan fingerprint density at radius 1 is 1.05 bits per heavy atom. The number of benzene rings is 2. The molecule has 12 nitrogen and oxygen atoms in total. The van der Waals surface area contributed by atoms with Crippen molar-refractivity contribution in [3.05, 3.63) is 80.9 Å². The van der Waals surface area contributed by atoms with Crippen LogP contribution in [-0.2, 0) is 11.2 Å². The summed E-state index contributed by atoms with van der Waals surface area (Å²) in [6.45, 7) is 0.942. The molecule has 0 saturated heterocycles. The highest BCUT2D eigenvalue weighted by Crippen LogP contribution is 2.33. The lowest BCUT2D eigenvalue weighted by Crippen LogP contribution is -2.23. The molecule has 0 spiro atoms. The molecule has 0 atom stereocenters. The molecule has 1 aliphatic rings. The van der Waals surface area contributed by atoms with E-state index in [1.165, 1.54) is 17.8 Å².